The van der Waals surface area contributed by atoms with Crippen LogP contribution in [0.4, 0.5) is 5.95 Å². The van der Waals surface area contributed by atoms with Gasteiger partial charge in [0.15, 0.2) is 5.69 Å². The van der Waals surface area contributed by atoms with Crippen molar-refractivity contribution >= 4 is 33.4 Å². The third-order valence-corrected chi connectivity index (χ3v) is 6.11. The van der Waals surface area contributed by atoms with Crippen molar-refractivity contribution in [3.05, 3.63) is 46.7 Å². The Morgan fingerprint density at radius 3 is 3.04 bits per heavy atom. The zero-order chi connectivity index (χ0) is 19.7. The number of likely N-dealkylation sites (tertiary alicyclic amines) is 1. The van der Waals surface area contributed by atoms with Gasteiger partial charge in [0.05, 0.1) is 16.3 Å². The highest BCUT2D eigenvalue weighted by Gasteiger charge is 2.29. The van der Waals surface area contributed by atoms with Crippen LogP contribution < -0.4 is 5.32 Å². The van der Waals surface area contributed by atoms with E-state index in [2.05, 4.69) is 20.3 Å². The summed E-state index contributed by atoms with van der Waals surface area (Å²) in [5.74, 6) is 0.486. The van der Waals surface area contributed by atoms with E-state index in [-0.39, 0.29) is 24.5 Å². The molecule has 2 atom stereocenters. The topological polar surface area (TPSA) is 91.2 Å². The molecule has 1 aliphatic heterocycles. The van der Waals surface area contributed by atoms with Crippen molar-refractivity contribution in [2.75, 3.05) is 25.0 Å². The fraction of sp³-hybridized carbons (Fsp3) is 0.400. The van der Waals surface area contributed by atoms with E-state index in [0.29, 0.717) is 24.7 Å². The van der Waals surface area contributed by atoms with Crippen molar-refractivity contribution in [2.45, 2.75) is 26.3 Å². The summed E-state index contributed by atoms with van der Waals surface area (Å²) in [5, 5.41) is 12.7. The third-order valence-electron chi connectivity index (χ3n) is 5.06. The summed E-state index contributed by atoms with van der Waals surface area (Å²) >= 11 is 1.54. The van der Waals surface area contributed by atoms with Gasteiger partial charge in [0.2, 0.25) is 5.95 Å². The molecule has 0 bridgehead atoms. The second-order valence-corrected chi connectivity index (χ2v) is 8.46. The average molecular weight is 398 g/mol. The van der Waals surface area contributed by atoms with Gasteiger partial charge in [-0.15, -0.1) is 11.3 Å². The van der Waals surface area contributed by atoms with E-state index in [1.54, 1.807) is 17.3 Å². The monoisotopic (exact) mass is 397 g/mol. The Morgan fingerprint density at radius 2 is 2.32 bits per heavy atom. The molecule has 28 heavy (non-hydrogen) atoms. The first kappa shape index (κ1) is 18.8. The molecule has 3 aromatic rings. The van der Waals surface area contributed by atoms with Crippen LogP contribution in [-0.2, 0) is 0 Å². The number of aryl methyl sites for hydroxylation is 1. The maximum absolute atomic E-state index is 13.2. The van der Waals surface area contributed by atoms with Crippen LogP contribution in [0.25, 0.3) is 10.2 Å². The second-order valence-electron chi connectivity index (χ2n) is 7.21. The first-order chi connectivity index (χ1) is 13.5. The Hall–Kier alpha value is -2.58. The van der Waals surface area contributed by atoms with Crippen LogP contribution in [0, 0.1) is 12.8 Å². The number of amides is 1. The molecule has 4 rings (SSSR count). The zero-order valence-electron chi connectivity index (χ0n) is 15.9. The van der Waals surface area contributed by atoms with Crippen LogP contribution in [0.3, 0.4) is 0 Å². The Bertz CT molecular complexity index is 991. The standard InChI is InChI=1S/C20H23N5O2S/c1-12-8-16-18(28-12)17(19(27)25-7-5-14(10-25)11-26)24-20(23-16)22-13(2)15-4-3-6-21-9-15/h3-4,6,8-9,13-14,26H,5,7,10-11H2,1-2H3,(H,22,23,24). The minimum Gasteiger partial charge on any atom is -0.396 e. The molecule has 4 heterocycles. The average Bonchev–Trinajstić information content (AvgIpc) is 3.33. The lowest BCUT2D eigenvalue weighted by atomic mass is 10.1. The van der Waals surface area contributed by atoms with Crippen LogP contribution in [0.2, 0.25) is 0 Å². The fourth-order valence-electron chi connectivity index (χ4n) is 3.48. The van der Waals surface area contributed by atoms with Gasteiger partial charge in [-0.05, 0) is 38.0 Å². The molecule has 0 aliphatic carbocycles. The van der Waals surface area contributed by atoms with Gasteiger partial charge in [-0.25, -0.2) is 9.97 Å². The zero-order valence-corrected chi connectivity index (χ0v) is 16.7. The van der Waals surface area contributed by atoms with Crippen LogP contribution in [0.5, 0.6) is 0 Å². The fourth-order valence-corrected chi connectivity index (χ4v) is 4.42. The summed E-state index contributed by atoms with van der Waals surface area (Å²) < 4.78 is 0.814. The molecule has 0 aromatic carbocycles. The number of anilines is 1. The molecule has 0 radical (unpaired) electrons. The number of rotatable bonds is 5. The number of nitrogens with zero attached hydrogens (tertiary/aromatic N) is 4. The maximum Gasteiger partial charge on any atom is 0.274 e. The van der Waals surface area contributed by atoms with Crippen molar-refractivity contribution < 1.29 is 9.90 Å². The van der Waals surface area contributed by atoms with Crippen LogP contribution >= 0.6 is 11.3 Å². The van der Waals surface area contributed by atoms with Crippen LogP contribution in [0.15, 0.2) is 30.6 Å². The molecule has 3 aromatic heterocycles. The van der Waals surface area contributed by atoms with Gasteiger partial charge < -0.3 is 15.3 Å². The van der Waals surface area contributed by atoms with Gasteiger partial charge in [0.25, 0.3) is 5.91 Å². The number of aliphatic hydroxyl groups excluding tert-OH is 1. The smallest absolute Gasteiger partial charge is 0.274 e. The molecule has 7 nitrogen and oxygen atoms in total. The normalized spacial score (nSPS) is 17.8. The Morgan fingerprint density at radius 1 is 1.46 bits per heavy atom. The molecular weight excluding hydrogens is 374 g/mol. The highest BCUT2D eigenvalue weighted by atomic mass is 32.1. The Kier molecular flexibility index (Phi) is 5.23. The molecule has 2 N–H and O–H groups in total. The van der Waals surface area contributed by atoms with Crippen molar-refractivity contribution in [2.24, 2.45) is 5.92 Å². The van der Waals surface area contributed by atoms with Gasteiger partial charge in [-0.3, -0.25) is 9.78 Å². The number of carbonyl (C=O) groups excluding carboxylic acids is 1. The number of aromatic nitrogens is 3. The molecule has 1 aliphatic rings. The SMILES string of the molecule is Cc1cc2nc(NC(C)c3cccnc3)nc(C(=O)N3CCC(CO)C3)c2s1. The summed E-state index contributed by atoms with van der Waals surface area (Å²) in [6, 6.07) is 5.82. The Labute approximate surface area is 167 Å². The Balaban J connectivity index is 1.66. The molecule has 146 valence electrons. The van der Waals surface area contributed by atoms with Crippen molar-refractivity contribution in [1.29, 1.82) is 0 Å². The molecule has 0 spiro atoms. The number of fused-ring (bicyclic) bond motifs is 1. The number of nitrogens with one attached hydrogen (secondary N) is 1. The van der Waals surface area contributed by atoms with Gasteiger partial charge in [-0.1, -0.05) is 6.07 Å². The minimum absolute atomic E-state index is 0.0422. The largest absolute Gasteiger partial charge is 0.396 e. The number of pyridine rings is 1. The van der Waals surface area contributed by atoms with E-state index in [1.165, 1.54) is 11.3 Å². The highest BCUT2D eigenvalue weighted by Crippen LogP contribution is 2.30. The number of thiophene rings is 1. The molecule has 1 fully saturated rings. The quantitative estimate of drug-likeness (QED) is 0.688. The van der Waals surface area contributed by atoms with Crippen molar-refractivity contribution in [1.82, 2.24) is 19.9 Å². The van der Waals surface area contributed by atoms with Gasteiger partial charge in [0.1, 0.15) is 0 Å². The van der Waals surface area contributed by atoms with Gasteiger partial charge >= 0.3 is 0 Å². The lowest BCUT2D eigenvalue weighted by Crippen LogP contribution is -2.30. The molecular formula is C20H23N5O2S. The molecule has 0 saturated carbocycles. The van der Waals surface area contributed by atoms with Crippen LogP contribution in [0.1, 0.15) is 40.3 Å². The molecule has 1 saturated heterocycles. The highest BCUT2D eigenvalue weighted by molar-refractivity contribution is 7.19. The summed E-state index contributed by atoms with van der Waals surface area (Å²) in [7, 11) is 0. The van der Waals surface area contributed by atoms with Crippen LogP contribution in [-0.4, -0.2) is 50.6 Å². The van der Waals surface area contributed by atoms with E-state index in [4.69, 9.17) is 0 Å². The maximum atomic E-state index is 13.2. The second kappa shape index (κ2) is 7.81. The number of carbonyl (C=O) groups is 1. The lowest BCUT2D eigenvalue weighted by Gasteiger charge is -2.18. The number of aliphatic hydroxyl groups is 1. The van der Waals surface area contributed by atoms with E-state index in [0.717, 1.165) is 27.1 Å². The number of hydrogen-bond acceptors (Lipinski definition) is 7. The predicted octanol–water partition coefficient (Wildman–Crippen LogP) is 3.02. The van der Waals surface area contributed by atoms with Gasteiger partial charge in [-0.2, -0.15) is 0 Å². The predicted molar refractivity (Wildman–Crippen MR) is 110 cm³/mol. The molecule has 8 heteroatoms. The van der Waals surface area contributed by atoms with E-state index < -0.39 is 0 Å². The molecule has 2 unspecified atom stereocenters. The first-order valence-corrected chi connectivity index (χ1v) is 10.2. The number of hydrogen-bond donors (Lipinski definition) is 2. The summed E-state index contributed by atoms with van der Waals surface area (Å²) in [6.07, 6.45) is 4.36. The van der Waals surface area contributed by atoms with E-state index >= 15 is 0 Å². The third kappa shape index (κ3) is 3.70. The van der Waals surface area contributed by atoms with E-state index in [1.807, 2.05) is 32.0 Å². The molecule has 1 amide bonds. The minimum atomic E-state index is -0.0951. The summed E-state index contributed by atoms with van der Waals surface area (Å²) in [6.45, 7) is 5.34. The van der Waals surface area contributed by atoms with Crippen molar-refractivity contribution in [3.63, 3.8) is 0 Å². The first-order valence-electron chi connectivity index (χ1n) is 9.40. The van der Waals surface area contributed by atoms with Gasteiger partial charge in [0, 0.05) is 42.9 Å². The van der Waals surface area contributed by atoms with E-state index in [9.17, 15) is 9.90 Å². The van der Waals surface area contributed by atoms with Crippen molar-refractivity contribution in [3.8, 4) is 0 Å². The summed E-state index contributed by atoms with van der Waals surface area (Å²) in [4.78, 5) is 29.4. The lowest BCUT2D eigenvalue weighted by molar-refractivity contribution is 0.0778. The summed E-state index contributed by atoms with van der Waals surface area (Å²) in [5.41, 5.74) is 2.23.